The lowest BCUT2D eigenvalue weighted by molar-refractivity contribution is -0.0964. The minimum Gasteiger partial charge on any atom is -0.387 e. The van der Waals surface area contributed by atoms with Gasteiger partial charge in [0.1, 0.15) is 29.8 Å². The van der Waals surface area contributed by atoms with Crippen molar-refractivity contribution in [2.45, 2.75) is 68.0 Å². The van der Waals surface area contributed by atoms with Crippen molar-refractivity contribution < 1.29 is 38.8 Å². The number of hydrogen-bond donors (Lipinski definition) is 5. The Morgan fingerprint density at radius 3 is 2.71 bits per heavy atom. The third-order valence-corrected chi connectivity index (χ3v) is 8.58. The first-order valence-corrected chi connectivity index (χ1v) is 13.3. The second-order valence-electron chi connectivity index (χ2n) is 9.08. The molecule has 5 N–H and O–H groups in total. The Balaban J connectivity index is 1.36. The molecule has 3 aliphatic rings. The van der Waals surface area contributed by atoms with Gasteiger partial charge in [-0.3, -0.25) is 4.57 Å². The largest absolute Gasteiger partial charge is 0.387 e. The van der Waals surface area contributed by atoms with Gasteiger partial charge in [-0.15, -0.1) is 0 Å². The highest BCUT2D eigenvalue weighted by molar-refractivity contribution is 7.53. The van der Waals surface area contributed by atoms with Crippen LogP contribution in [0.3, 0.4) is 0 Å². The molecule has 2 aliphatic heterocycles. The number of aliphatic hydroxyl groups is 2. The Labute approximate surface area is 200 Å². The molecule has 1 unspecified atom stereocenters. The molecule has 188 valence electrons. The number of aliphatic hydroxyl groups excluding tert-OH is 2. The second-order valence-corrected chi connectivity index (χ2v) is 11.3. The molecule has 14 heteroatoms. The van der Waals surface area contributed by atoms with Gasteiger partial charge in [-0.1, -0.05) is 12.8 Å². The zero-order valence-corrected chi connectivity index (χ0v) is 19.9. The maximum Gasteiger partial charge on any atom is 0.359 e. The molecule has 4 heterocycles. The Morgan fingerprint density at radius 1 is 1.26 bits per heavy atom. The maximum absolute atomic E-state index is 12.0. The van der Waals surface area contributed by atoms with Crippen LogP contribution in [0.1, 0.15) is 38.3 Å². The summed E-state index contributed by atoms with van der Waals surface area (Å²) in [5, 5.41) is 23.7. The van der Waals surface area contributed by atoms with E-state index in [1.165, 1.54) is 0 Å². The molecule has 0 spiro atoms. The molecule has 0 bridgehead atoms. The summed E-state index contributed by atoms with van der Waals surface area (Å²) in [5.74, 6) is 0.596. The Morgan fingerprint density at radius 2 is 2.03 bits per heavy atom. The van der Waals surface area contributed by atoms with Crippen molar-refractivity contribution in [1.82, 2.24) is 14.5 Å². The maximum atomic E-state index is 12.0. The number of nitrogens with zero attached hydrogens (tertiary/aromatic N) is 3. The number of fused-ring (bicyclic) bond motifs is 1. The number of aromatic nitrogens is 3. The topological polar surface area (TPSA) is 168 Å². The van der Waals surface area contributed by atoms with Crippen molar-refractivity contribution in [3.8, 4) is 0 Å². The average molecular weight is 519 g/mol. The summed E-state index contributed by atoms with van der Waals surface area (Å²) in [6.45, 7) is -0.454. The monoisotopic (exact) mass is 518 g/mol. The van der Waals surface area contributed by atoms with E-state index in [1.807, 2.05) is 0 Å². The fraction of sp³-hybridized carbons (Fsp3) is 0.700. The Hall–Kier alpha value is -1.34. The SMILES string of the molecule is O=P(O)(O)C1(OC[C@H]2O[C@@H](n3ccc4c(NC5CCCC5)nc(Cl)nc43)[C@H](O)[C@@H]2O)CCOC1. The minimum absolute atomic E-state index is 0.0144. The highest BCUT2D eigenvalue weighted by atomic mass is 35.5. The molecular weight excluding hydrogens is 491 g/mol. The van der Waals surface area contributed by atoms with Crippen molar-refractivity contribution in [3.63, 3.8) is 0 Å². The van der Waals surface area contributed by atoms with E-state index in [0.717, 1.165) is 25.7 Å². The van der Waals surface area contributed by atoms with Crippen LogP contribution in [0.15, 0.2) is 12.3 Å². The van der Waals surface area contributed by atoms with E-state index >= 15 is 0 Å². The van der Waals surface area contributed by atoms with Gasteiger partial charge in [-0.2, -0.15) is 4.98 Å². The molecular formula is C20H28ClN4O8P. The molecule has 0 radical (unpaired) electrons. The van der Waals surface area contributed by atoms with Crippen LogP contribution >= 0.6 is 19.2 Å². The lowest BCUT2D eigenvalue weighted by Gasteiger charge is -2.30. The van der Waals surface area contributed by atoms with Crippen LogP contribution in [0.4, 0.5) is 5.82 Å². The summed E-state index contributed by atoms with van der Waals surface area (Å²) in [6.07, 6.45) is 1.34. The zero-order chi connectivity index (χ0) is 24.1. The van der Waals surface area contributed by atoms with Crippen LogP contribution in [0.2, 0.25) is 5.28 Å². The third kappa shape index (κ3) is 4.36. The van der Waals surface area contributed by atoms with Crippen LogP contribution in [-0.4, -0.2) is 84.1 Å². The van der Waals surface area contributed by atoms with Gasteiger partial charge in [-0.05, 0) is 30.5 Å². The third-order valence-electron chi connectivity index (χ3n) is 6.86. The van der Waals surface area contributed by atoms with Crippen LogP contribution in [-0.2, 0) is 18.8 Å². The van der Waals surface area contributed by atoms with Gasteiger partial charge in [0.2, 0.25) is 5.28 Å². The molecule has 0 aromatic carbocycles. The van der Waals surface area contributed by atoms with Gasteiger partial charge in [0.25, 0.3) is 0 Å². The molecule has 2 aromatic heterocycles. The normalized spacial score (nSPS) is 32.7. The summed E-state index contributed by atoms with van der Waals surface area (Å²) in [7, 11) is -4.65. The standard InChI is InChI=1S/C20H28ClN4O8P/c21-19-23-16(22-11-3-1-2-4-11)12-5-7-25(17(12)24-19)18-15(27)14(26)13(33-18)9-32-20(34(28,29)30)6-8-31-10-20/h5,7,11,13-15,18,26-27H,1-4,6,8-10H2,(H,22,23,24)(H2,28,29,30)/t13-,14-,15-,18-,20?/m1/s1. The summed E-state index contributed by atoms with van der Waals surface area (Å²) in [4.78, 5) is 28.1. The summed E-state index contributed by atoms with van der Waals surface area (Å²) < 4.78 is 30.2. The molecule has 2 saturated heterocycles. The number of halogens is 1. The van der Waals surface area contributed by atoms with Crippen LogP contribution in [0, 0.1) is 0 Å². The lowest BCUT2D eigenvalue weighted by Crippen LogP contribution is -2.39. The van der Waals surface area contributed by atoms with Gasteiger partial charge >= 0.3 is 7.60 Å². The summed E-state index contributed by atoms with van der Waals surface area (Å²) >= 11 is 6.19. The fourth-order valence-corrected chi connectivity index (χ4v) is 5.93. The van der Waals surface area contributed by atoms with Crippen molar-refractivity contribution in [2.24, 2.45) is 0 Å². The minimum atomic E-state index is -4.65. The highest BCUT2D eigenvalue weighted by Crippen LogP contribution is 2.55. The van der Waals surface area contributed by atoms with Gasteiger partial charge in [-0.25, -0.2) is 4.98 Å². The van der Waals surface area contributed by atoms with E-state index in [4.69, 9.17) is 25.8 Å². The molecule has 3 fully saturated rings. The molecule has 2 aromatic rings. The van der Waals surface area contributed by atoms with Crippen LogP contribution in [0.25, 0.3) is 11.0 Å². The van der Waals surface area contributed by atoms with Crippen LogP contribution < -0.4 is 5.32 Å². The van der Waals surface area contributed by atoms with E-state index in [0.29, 0.717) is 22.9 Å². The molecule has 1 saturated carbocycles. The molecule has 5 rings (SSSR count). The van der Waals surface area contributed by atoms with E-state index < -0.39 is 37.5 Å². The quantitative estimate of drug-likeness (QED) is 0.265. The predicted octanol–water partition coefficient (Wildman–Crippen LogP) is 1.37. The van der Waals surface area contributed by atoms with Crippen molar-refractivity contribution in [3.05, 3.63) is 17.5 Å². The number of anilines is 1. The predicted molar refractivity (Wildman–Crippen MR) is 121 cm³/mol. The lowest BCUT2D eigenvalue weighted by atomic mass is 10.1. The number of ether oxygens (including phenoxy) is 3. The van der Waals surface area contributed by atoms with E-state index in [2.05, 4.69) is 15.3 Å². The highest BCUT2D eigenvalue weighted by Gasteiger charge is 2.53. The Kier molecular flexibility index (Phi) is 6.64. The number of rotatable bonds is 7. The van der Waals surface area contributed by atoms with Gasteiger partial charge in [0.15, 0.2) is 11.6 Å². The van der Waals surface area contributed by atoms with Gasteiger partial charge in [0, 0.05) is 18.7 Å². The van der Waals surface area contributed by atoms with Gasteiger partial charge in [0.05, 0.1) is 25.2 Å². The smallest absolute Gasteiger partial charge is 0.359 e. The fourth-order valence-electron chi connectivity index (χ4n) is 4.88. The van der Waals surface area contributed by atoms with Crippen molar-refractivity contribution in [1.29, 1.82) is 0 Å². The van der Waals surface area contributed by atoms with Crippen molar-refractivity contribution >= 4 is 36.0 Å². The first-order chi connectivity index (χ1) is 16.2. The molecule has 1 aliphatic carbocycles. The first-order valence-electron chi connectivity index (χ1n) is 11.3. The molecule has 34 heavy (non-hydrogen) atoms. The summed E-state index contributed by atoms with van der Waals surface area (Å²) in [6, 6.07) is 2.09. The molecule has 12 nitrogen and oxygen atoms in total. The molecule has 0 amide bonds. The average Bonchev–Trinajstić information content (AvgIpc) is 3.56. The first kappa shape index (κ1) is 24.4. The van der Waals surface area contributed by atoms with Crippen LogP contribution in [0.5, 0.6) is 0 Å². The van der Waals surface area contributed by atoms with E-state index in [1.54, 1.807) is 16.8 Å². The molecule has 5 atom stereocenters. The summed E-state index contributed by atoms with van der Waals surface area (Å²) in [5.41, 5.74) is 0.425. The van der Waals surface area contributed by atoms with Gasteiger partial charge < -0.3 is 44.1 Å². The van der Waals surface area contributed by atoms with E-state index in [9.17, 15) is 24.6 Å². The van der Waals surface area contributed by atoms with E-state index in [-0.39, 0.29) is 31.5 Å². The number of nitrogens with one attached hydrogen (secondary N) is 1. The Bertz CT molecular complexity index is 1080. The number of hydrogen-bond acceptors (Lipinski definition) is 9. The van der Waals surface area contributed by atoms with Crippen molar-refractivity contribution in [2.75, 3.05) is 25.1 Å². The zero-order valence-electron chi connectivity index (χ0n) is 18.3. The second kappa shape index (κ2) is 9.27.